The third-order valence-electron chi connectivity index (χ3n) is 4.23. The molecule has 0 unspecified atom stereocenters. The summed E-state index contributed by atoms with van der Waals surface area (Å²) in [6.07, 6.45) is 6.84. The van der Waals surface area contributed by atoms with Gasteiger partial charge in [-0.05, 0) is 42.5 Å². The van der Waals surface area contributed by atoms with Gasteiger partial charge in [0.1, 0.15) is 5.75 Å². The Morgan fingerprint density at radius 3 is 3.00 bits per heavy atom. The Bertz CT molecular complexity index is 722. The Kier molecular flexibility index (Phi) is 5.93. The van der Waals surface area contributed by atoms with Crippen LogP contribution < -0.4 is 15.4 Å². The summed E-state index contributed by atoms with van der Waals surface area (Å²) >= 11 is 0. The number of aromatic nitrogens is 2. The fourth-order valence-corrected chi connectivity index (χ4v) is 2.96. The van der Waals surface area contributed by atoms with Crippen LogP contribution in [0.5, 0.6) is 5.75 Å². The van der Waals surface area contributed by atoms with Gasteiger partial charge in [0.25, 0.3) is 0 Å². The summed E-state index contributed by atoms with van der Waals surface area (Å²) < 4.78 is 7.39. The summed E-state index contributed by atoms with van der Waals surface area (Å²) in [6, 6.07) is 6.47. The maximum atomic E-state index is 5.56. The van der Waals surface area contributed by atoms with E-state index in [0.29, 0.717) is 0 Å². The number of aliphatic imine (C=N–C) groups is 1. The van der Waals surface area contributed by atoms with E-state index in [2.05, 4.69) is 45.8 Å². The van der Waals surface area contributed by atoms with Crippen LogP contribution in [0.1, 0.15) is 23.6 Å². The number of fused-ring (bicyclic) bond motifs is 1. The van der Waals surface area contributed by atoms with Crippen LogP contribution in [0.2, 0.25) is 0 Å². The van der Waals surface area contributed by atoms with Crippen molar-refractivity contribution in [2.45, 2.75) is 26.2 Å². The van der Waals surface area contributed by atoms with E-state index in [1.165, 1.54) is 16.7 Å². The highest BCUT2D eigenvalue weighted by atomic mass is 16.5. The fourth-order valence-electron chi connectivity index (χ4n) is 2.96. The summed E-state index contributed by atoms with van der Waals surface area (Å²) in [5, 5.41) is 10.9. The number of guanidine groups is 1. The van der Waals surface area contributed by atoms with E-state index in [4.69, 9.17) is 4.74 Å². The lowest BCUT2D eigenvalue weighted by Gasteiger charge is -2.11. The van der Waals surface area contributed by atoms with Crippen LogP contribution in [0.3, 0.4) is 0 Å². The van der Waals surface area contributed by atoms with Crippen molar-refractivity contribution in [3.05, 3.63) is 47.3 Å². The van der Waals surface area contributed by atoms with Crippen LogP contribution in [-0.2, 0) is 26.3 Å². The molecule has 6 heteroatoms. The van der Waals surface area contributed by atoms with E-state index >= 15 is 0 Å². The zero-order valence-corrected chi connectivity index (χ0v) is 15.1. The number of aryl methyl sites for hydroxylation is 1. The van der Waals surface area contributed by atoms with Gasteiger partial charge in [0, 0.05) is 39.3 Å². The van der Waals surface area contributed by atoms with Gasteiger partial charge in [0.15, 0.2) is 5.96 Å². The maximum Gasteiger partial charge on any atom is 0.191 e. The van der Waals surface area contributed by atoms with E-state index < -0.39 is 0 Å². The van der Waals surface area contributed by atoms with Gasteiger partial charge >= 0.3 is 0 Å². The molecule has 0 spiro atoms. The minimum Gasteiger partial charge on any atom is -0.493 e. The number of nitrogens with one attached hydrogen (secondary N) is 2. The molecule has 0 amide bonds. The fraction of sp³-hybridized carbons (Fsp3) is 0.474. The molecule has 25 heavy (non-hydrogen) atoms. The van der Waals surface area contributed by atoms with Gasteiger partial charge in [0.05, 0.1) is 12.8 Å². The number of rotatable bonds is 7. The van der Waals surface area contributed by atoms with Crippen LogP contribution in [0.25, 0.3) is 0 Å². The first-order valence-corrected chi connectivity index (χ1v) is 8.99. The van der Waals surface area contributed by atoms with Crippen molar-refractivity contribution in [1.29, 1.82) is 0 Å². The topological polar surface area (TPSA) is 63.5 Å². The molecule has 0 fully saturated rings. The summed E-state index contributed by atoms with van der Waals surface area (Å²) in [5.74, 6) is 1.91. The van der Waals surface area contributed by atoms with Gasteiger partial charge < -0.3 is 15.4 Å². The van der Waals surface area contributed by atoms with Crippen LogP contribution in [0, 0.1) is 0 Å². The van der Waals surface area contributed by atoms with E-state index in [1.54, 1.807) is 0 Å². The van der Waals surface area contributed by atoms with Crippen molar-refractivity contribution in [2.75, 3.05) is 26.2 Å². The summed E-state index contributed by atoms with van der Waals surface area (Å²) in [5.41, 5.74) is 3.87. The molecular formula is C19H27N5O. The molecule has 0 aliphatic carbocycles. The highest BCUT2D eigenvalue weighted by Crippen LogP contribution is 2.25. The average molecular weight is 341 g/mol. The van der Waals surface area contributed by atoms with Crippen molar-refractivity contribution in [3.63, 3.8) is 0 Å². The number of benzene rings is 1. The second kappa shape index (κ2) is 8.55. The van der Waals surface area contributed by atoms with Gasteiger partial charge in [-0.1, -0.05) is 12.1 Å². The zero-order valence-electron chi connectivity index (χ0n) is 15.1. The van der Waals surface area contributed by atoms with Crippen molar-refractivity contribution < 1.29 is 4.74 Å². The van der Waals surface area contributed by atoms with E-state index in [-0.39, 0.29) is 0 Å². The number of ether oxygens (including phenoxy) is 1. The van der Waals surface area contributed by atoms with Crippen LogP contribution >= 0.6 is 0 Å². The summed E-state index contributed by atoms with van der Waals surface area (Å²) in [6.45, 7) is 5.35. The summed E-state index contributed by atoms with van der Waals surface area (Å²) in [7, 11) is 1.94. The maximum absolute atomic E-state index is 5.56. The molecule has 0 saturated carbocycles. The number of nitrogens with zero attached hydrogens (tertiary/aromatic N) is 3. The summed E-state index contributed by atoms with van der Waals surface area (Å²) in [4.78, 5) is 4.68. The highest BCUT2D eigenvalue weighted by Gasteiger charge is 2.11. The lowest BCUT2D eigenvalue weighted by Crippen LogP contribution is -2.38. The minimum atomic E-state index is 0.766. The van der Waals surface area contributed by atoms with E-state index in [0.717, 1.165) is 57.2 Å². The Morgan fingerprint density at radius 2 is 2.20 bits per heavy atom. The third kappa shape index (κ3) is 4.98. The predicted octanol–water partition coefficient (Wildman–Crippen LogP) is 1.70. The molecule has 3 rings (SSSR count). The molecule has 2 aromatic rings. The molecular weight excluding hydrogens is 314 g/mol. The first-order chi connectivity index (χ1) is 12.2. The molecule has 134 valence electrons. The van der Waals surface area contributed by atoms with E-state index in [9.17, 15) is 0 Å². The standard InChI is InChI=1S/C19H27N5O/c1-3-20-19(22-10-7-16-13-23-24(2)14-16)21-9-6-15-4-5-18-17(12-15)8-11-25-18/h4-5,12-14H,3,6-11H2,1-2H3,(H2,20,21,22). The molecule has 1 aromatic carbocycles. The van der Waals surface area contributed by atoms with Gasteiger partial charge in [-0.2, -0.15) is 5.10 Å². The second-order valence-electron chi connectivity index (χ2n) is 6.25. The van der Waals surface area contributed by atoms with Crippen molar-refractivity contribution in [2.24, 2.45) is 12.0 Å². The molecule has 0 bridgehead atoms. The largest absolute Gasteiger partial charge is 0.493 e. The van der Waals surface area contributed by atoms with Gasteiger partial charge in [-0.15, -0.1) is 0 Å². The molecule has 0 radical (unpaired) electrons. The number of hydrogen-bond acceptors (Lipinski definition) is 3. The predicted molar refractivity (Wildman–Crippen MR) is 100 cm³/mol. The second-order valence-corrected chi connectivity index (χ2v) is 6.25. The quantitative estimate of drug-likeness (QED) is 0.594. The molecule has 1 aromatic heterocycles. The first-order valence-electron chi connectivity index (χ1n) is 8.99. The van der Waals surface area contributed by atoms with Crippen molar-refractivity contribution in [1.82, 2.24) is 20.4 Å². The highest BCUT2D eigenvalue weighted by molar-refractivity contribution is 5.79. The lowest BCUT2D eigenvalue weighted by molar-refractivity contribution is 0.357. The smallest absolute Gasteiger partial charge is 0.191 e. The number of hydrogen-bond donors (Lipinski definition) is 2. The molecule has 2 N–H and O–H groups in total. The molecule has 2 heterocycles. The first kappa shape index (κ1) is 17.3. The normalized spacial score (nSPS) is 13.4. The molecule has 1 aliphatic rings. The Morgan fingerprint density at radius 1 is 1.28 bits per heavy atom. The van der Waals surface area contributed by atoms with E-state index in [1.807, 2.05) is 24.1 Å². The molecule has 1 aliphatic heterocycles. The van der Waals surface area contributed by atoms with Crippen LogP contribution in [0.4, 0.5) is 0 Å². The lowest BCUT2D eigenvalue weighted by atomic mass is 10.1. The molecule has 6 nitrogen and oxygen atoms in total. The van der Waals surface area contributed by atoms with Crippen molar-refractivity contribution >= 4 is 5.96 Å². The SMILES string of the molecule is CCNC(=NCCc1ccc2c(c1)CCO2)NCCc1cnn(C)c1. The third-order valence-corrected chi connectivity index (χ3v) is 4.23. The van der Waals surface area contributed by atoms with Gasteiger partial charge in [-0.3, -0.25) is 9.67 Å². The minimum absolute atomic E-state index is 0.766. The Labute approximate surface area is 149 Å². The van der Waals surface area contributed by atoms with Crippen LogP contribution in [0.15, 0.2) is 35.6 Å². The monoisotopic (exact) mass is 341 g/mol. The Balaban J connectivity index is 1.47. The van der Waals surface area contributed by atoms with Crippen molar-refractivity contribution in [3.8, 4) is 5.75 Å². The zero-order chi connectivity index (χ0) is 17.5. The molecule has 0 atom stereocenters. The van der Waals surface area contributed by atoms with Gasteiger partial charge in [0.2, 0.25) is 0 Å². The molecule has 0 saturated heterocycles. The van der Waals surface area contributed by atoms with Gasteiger partial charge in [-0.25, -0.2) is 0 Å². The van der Waals surface area contributed by atoms with Crippen LogP contribution in [-0.4, -0.2) is 42.0 Å². The Hall–Kier alpha value is -2.50. The average Bonchev–Trinajstić information content (AvgIpc) is 3.23.